The number of aromatic nitrogens is 1. The summed E-state index contributed by atoms with van der Waals surface area (Å²) in [6.45, 7) is 10.3. The lowest BCUT2D eigenvalue weighted by Gasteiger charge is -2.26. The summed E-state index contributed by atoms with van der Waals surface area (Å²) in [6.07, 6.45) is 4.32. The number of hydrogen-bond donors (Lipinski definition) is 0. The maximum atomic E-state index is 5.58. The Balaban J connectivity index is 2.09. The number of ether oxygens (including phenoxy) is 1. The normalized spacial score (nSPS) is 11.2. The van der Waals surface area contributed by atoms with Crippen molar-refractivity contribution in [2.24, 2.45) is 0 Å². The molecule has 0 N–H and O–H groups in total. The smallest absolute Gasteiger partial charge is 0.116 e. The Kier molecular flexibility index (Phi) is 5.48. The number of anilines is 1. The maximum absolute atomic E-state index is 5.58. The summed E-state index contributed by atoms with van der Waals surface area (Å²) in [5.41, 5.74) is 2.58. The highest BCUT2D eigenvalue weighted by Gasteiger charge is 2.11. The van der Waals surface area contributed by atoms with Gasteiger partial charge in [-0.3, -0.25) is 0 Å². The van der Waals surface area contributed by atoms with Crippen LogP contribution in [0.1, 0.15) is 32.3 Å². The molecular formula is C17H26N2O. The van der Waals surface area contributed by atoms with Gasteiger partial charge >= 0.3 is 0 Å². The van der Waals surface area contributed by atoms with Crippen molar-refractivity contribution in [3.63, 3.8) is 0 Å². The van der Waals surface area contributed by atoms with Crippen LogP contribution in [-0.2, 0) is 4.74 Å². The molecule has 0 aliphatic carbocycles. The molecule has 2 aromatic heterocycles. The maximum Gasteiger partial charge on any atom is 0.116 e. The quantitative estimate of drug-likeness (QED) is 0.679. The van der Waals surface area contributed by atoms with Crippen LogP contribution in [0.5, 0.6) is 0 Å². The number of pyridine rings is 1. The molecule has 2 aromatic rings. The molecular weight excluding hydrogens is 248 g/mol. The van der Waals surface area contributed by atoms with Gasteiger partial charge in [0.05, 0.1) is 0 Å². The van der Waals surface area contributed by atoms with E-state index < -0.39 is 0 Å². The van der Waals surface area contributed by atoms with Gasteiger partial charge in [0.1, 0.15) is 5.82 Å². The van der Waals surface area contributed by atoms with Crippen LogP contribution in [0.15, 0.2) is 30.5 Å². The average molecular weight is 274 g/mol. The number of rotatable bonds is 8. The van der Waals surface area contributed by atoms with E-state index in [1.807, 2.05) is 0 Å². The van der Waals surface area contributed by atoms with E-state index in [1.54, 1.807) is 0 Å². The number of fused-ring (bicyclic) bond motifs is 1. The predicted octanol–water partition coefficient (Wildman–Crippen LogP) is 3.89. The minimum absolute atomic E-state index is 0.852. The van der Waals surface area contributed by atoms with E-state index in [2.05, 4.69) is 60.5 Å². The fraction of sp³-hybridized carbons (Fsp3) is 0.529. The fourth-order valence-corrected chi connectivity index (χ4v) is 2.62. The molecule has 0 aliphatic rings. The first-order valence-electron chi connectivity index (χ1n) is 7.67. The van der Waals surface area contributed by atoms with Crippen molar-refractivity contribution < 1.29 is 4.74 Å². The molecule has 0 amide bonds. The van der Waals surface area contributed by atoms with E-state index in [9.17, 15) is 0 Å². The summed E-state index contributed by atoms with van der Waals surface area (Å²) in [5, 5.41) is 0. The molecule has 0 bridgehead atoms. The lowest BCUT2D eigenvalue weighted by molar-refractivity contribution is 0.133. The van der Waals surface area contributed by atoms with Gasteiger partial charge in [0.15, 0.2) is 0 Å². The van der Waals surface area contributed by atoms with E-state index in [1.165, 1.54) is 16.9 Å². The van der Waals surface area contributed by atoms with Gasteiger partial charge in [0.2, 0.25) is 0 Å². The summed E-state index contributed by atoms with van der Waals surface area (Å²) in [6, 6.07) is 8.65. The molecule has 0 unspecified atom stereocenters. The third-order valence-electron chi connectivity index (χ3n) is 3.61. The first-order chi connectivity index (χ1) is 9.77. The molecule has 0 atom stereocenters. The summed E-state index contributed by atoms with van der Waals surface area (Å²) < 4.78 is 7.87. The van der Waals surface area contributed by atoms with Crippen LogP contribution in [-0.4, -0.2) is 30.7 Å². The van der Waals surface area contributed by atoms with Gasteiger partial charge in [0.25, 0.3) is 0 Å². The second kappa shape index (κ2) is 7.34. The highest BCUT2D eigenvalue weighted by molar-refractivity contribution is 5.60. The van der Waals surface area contributed by atoms with Crippen molar-refractivity contribution >= 4 is 11.3 Å². The molecule has 0 saturated carbocycles. The first kappa shape index (κ1) is 14.9. The van der Waals surface area contributed by atoms with Crippen molar-refractivity contribution in [2.45, 2.75) is 33.6 Å². The highest BCUT2D eigenvalue weighted by atomic mass is 16.5. The summed E-state index contributed by atoms with van der Waals surface area (Å²) in [4.78, 5) is 2.44. The average Bonchev–Trinajstić information content (AvgIpc) is 2.92. The predicted molar refractivity (Wildman–Crippen MR) is 85.7 cm³/mol. The molecule has 0 fully saturated rings. The minimum Gasteiger partial charge on any atom is -0.381 e. The molecule has 20 heavy (non-hydrogen) atoms. The molecule has 0 spiro atoms. The van der Waals surface area contributed by atoms with E-state index in [-0.39, 0.29) is 0 Å². The largest absolute Gasteiger partial charge is 0.381 e. The van der Waals surface area contributed by atoms with Crippen LogP contribution < -0.4 is 4.90 Å². The van der Waals surface area contributed by atoms with E-state index in [4.69, 9.17) is 4.74 Å². The number of aryl methyl sites for hydroxylation is 1. The standard InChI is InChI=1S/C17H26N2O/c1-4-13-20-14-7-11-18(5-2)17-15(3)9-10-16-8-6-12-19(16)17/h6,8-10,12H,4-5,7,11,13-14H2,1-3H3. The van der Waals surface area contributed by atoms with Gasteiger partial charge in [-0.2, -0.15) is 0 Å². The van der Waals surface area contributed by atoms with Crippen molar-refractivity contribution in [1.82, 2.24) is 4.40 Å². The first-order valence-corrected chi connectivity index (χ1v) is 7.67. The van der Waals surface area contributed by atoms with Crippen LogP contribution in [0.25, 0.3) is 5.52 Å². The van der Waals surface area contributed by atoms with Crippen LogP contribution in [0, 0.1) is 6.92 Å². The molecule has 2 heterocycles. The molecule has 3 heteroatoms. The Morgan fingerprint density at radius 1 is 1.15 bits per heavy atom. The molecule has 0 aliphatic heterocycles. The Labute approximate surface area is 122 Å². The Bertz CT molecular complexity index is 533. The van der Waals surface area contributed by atoms with Crippen molar-refractivity contribution in [3.8, 4) is 0 Å². The van der Waals surface area contributed by atoms with Crippen molar-refractivity contribution in [2.75, 3.05) is 31.2 Å². The Morgan fingerprint density at radius 3 is 2.75 bits per heavy atom. The van der Waals surface area contributed by atoms with Gasteiger partial charge < -0.3 is 14.0 Å². The van der Waals surface area contributed by atoms with E-state index >= 15 is 0 Å². The fourth-order valence-electron chi connectivity index (χ4n) is 2.62. The Morgan fingerprint density at radius 2 is 2.00 bits per heavy atom. The zero-order chi connectivity index (χ0) is 14.4. The second-order valence-corrected chi connectivity index (χ2v) is 5.19. The van der Waals surface area contributed by atoms with Crippen LogP contribution in [0.4, 0.5) is 5.82 Å². The minimum atomic E-state index is 0.852. The van der Waals surface area contributed by atoms with Gasteiger partial charge in [0, 0.05) is 38.0 Å². The third kappa shape index (κ3) is 3.34. The summed E-state index contributed by atoms with van der Waals surface area (Å²) in [5.74, 6) is 1.31. The Hall–Kier alpha value is -1.48. The lowest BCUT2D eigenvalue weighted by Crippen LogP contribution is -2.27. The SMILES string of the molecule is CCCOCCCN(CC)c1c(C)ccc2cccn12. The van der Waals surface area contributed by atoms with Gasteiger partial charge in [-0.1, -0.05) is 13.0 Å². The molecule has 110 valence electrons. The van der Waals surface area contributed by atoms with Crippen LogP contribution >= 0.6 is 0 Å². The van der Waals surface area contributed by atoms with Gasteiger partial charge in [-0.15, -0.1) is 0 Å². The molecule has 0 radical (unpaired) electrons. The zero-order valence-electron chi connectivity index (χ0n) is 12.9. The van der Waals surface area contributed by atoms with Crippen LogP contribution in [0.3, 0.4) is 0 Å². The monoisotopic (exact) mass is 274 g/mol. The van der Waals surface area contributed by atoms with Crippen LogP contribution in [0.2, 0.25) is 0 Å². The third-order valence-corrected chi connectivity index (χ3v) is 3.61. The van der Waals surface area contributed by atoms with Crippen molar-refractivity contribution in [3.05, 3.63) is 36.0 Å². The second-order valence-electron chi connectivity index (χ2n) is 5.19. The van der Waals surface area contributed by atoms with Gasteiger partial charge in [-0.05, 0) is 50.5 Å². The topological polar surface area (TPSA) is 16.9 Å². The molecule has 0 saturated heterocycles. The highest BCUT2D eigenvalue weighted by Crippen LogP contribution is 2.22. The summed E-state index contributed by atoms with van der Waals surface area (Å²) in [7, 11) is 0. The number of hydrogen-bond acceptors (Lipinski definition) is 2. The van der Waals surface area contributed by atoms with Crippen molar-refractivity contribution in [1.29, 1.82) is 0 Å². The van der Waals surface area contributed by atoms with Gasteiger partial charge in [-0.25, -0.2) is 0 Å². The number of nitrogens with zero attached hydrogens (tertiary/aromatic N) is 2. The zero-order valence-corrected chi connectivity index (χ0v) is 12.9. The lowest BCUT2D eigenvalue weighted by atomic mass is 10.2. The molecule has 0 aromatic carbocycles. The van der Waals surface area contributed by atoms with E-state index in [0.29, 0.717) is 0 Å². The van der Waals surface area contributed by atoms with E-state index in [0.717, 1.165) is 39.1 Å². The summed E-state index contributed by atoms with van der Waals surface area (Å²) >= 11 is 0. The molecule has 3 nitrogen and oxygen atoms in total. The molecule has 2 rings (SSSR count).